The van der Waals surface area contributed by atoms with Gasteiger partial charge in [-0.05, 0) is 18.9 Å². The molecular formula is C14H16N2O4. The Morgan fingerprint density at radius 2 is 1.90 bits per heavy atom. The smallest absolute Gasteiger partial charge is 0.256 e. The first-order valence-corrected chi connectivity index (χ1v) is 6.53. The number of hydrogen-bond acceptors (Lipinski definition) is 4. The van der Waals surface area contributed by atoms with Crippen molar-refractivity contribution in [3.8, 4) is 11.5 Å². The van der Waals surface area contributed by atoms with Crippen LogP contribution in [0, 0.1) is 0 Å². The van der Waals surface area contributed by atoms with E-state index in [0.29, 0.717) is 35.7 Å². The number of carbonyl (C=O) groups is 2. The fraction of sp³-hybridized carbons (Fsp3) is 0.429. The minimum atomic E-state index is -0.369. The topological polar surface area (TPSA) is 67.9 Å². The molecule has 6 nitrogen and oxygen atoms in total. The van der Waals surface area contributed by atoms with E-state index in [0.717, 1.165) is 6.42 Å². The molecule has 2 heterocycles. The van der Waals surface area contributed by atoms with Crippen molar-refractivity contribution >= 4 is 17.5 Å². The molecule has 2 amide bonds. The normalized spacial score (nSPS) is 20.9. The van der Waals surface area contributed by atoms with Crippen LogP contribution in [-0.4, -0.2) is 43.5 Å². The summed E-state index contributed by atoms with van der Waals surface area (Å²) in [5.41, 5.74) is 0.924. The van der Waals surface area contributed by atoms with Crippen LogP contribution in [0.2, 0.25) is 0 Å². The molecule has 1 fully saturated rings. The van der Waals surface area contributed by atoms with Crippen LogP contribution in [0.1, 0.15) is 23.2 Å². The second-order valence-electron chi connectivity index (χ2n) is 4.90. The summed E-state index contributed by atoms with van der Waals surface area (Å²) in [6.45, 7) is 0.616. The molecule has 0 aliphatic carbocycles. The van der Waals surface area contributed by atoms with Gasteiger partial charge < -0.3 is 19.7 Å². The Balaban J connectivity index is 2.12. The lowest BCUT2D eigenvalue weighted by molar-refractivity contribution is -0.119. The zero-order chi connectivity index (χ0) is 14.3. The van der Waals surface area contributed by atoms with E-state index in [1.165, 1.54) is 14.2 Å². The van der Waals surface area contributed by atoms with Crippen LogP contribution in [-0.2, 0) is 4.79 Å². The summed E-state index contributed by atoms with van der Waals surface area (Å²) in [6.07, 6.45) is 1.56. The fourth-order valence-electron chi connectivity index (χ4n) is 2.81. The number of carbonyl (C=O) groups excluding carboxylic acids is 2. The van der Waals surface area contributed by atoms with Crippen LogP contribution in [0.25, 0.3) is 0 Å². The highest BCUT2D eigenvalue weighted by Crippen LogP contribution is 2.36. The third-order valence-corrected chi connectivity index (χ3v) is 3.83. The largest absolute Gasteiger partial charge is 0.493 e. The van der Waals surface area contributed by atoms with E-state index in [-0.39, 0.29) is 17.9 Å². The lowest BCUT2D eigenvalue weighted by Gasteiger charge is -2.20. The molecule has 106 valence electrons. The Morgan fingerprint density at radius 3 is 2.60 bits per heavy atom. The minimum absolute atomic E-state index is 0.137. The molecular weight excluding hydrogens is 260 g/mol. The zero-order valence-corrected chi connectivity index (χ0v) is 11.4. The van der Waals surface area contributed by atoms with Crippen LogP contribution < -0.4 is 14.8 Å². The van der Waals surface area contributed by atoms with Gasteiger partial charge in [0.1, 0.15) is 6.04 Å². The Hall–Kier alpha value is -2.24. The Kier molecular flexibility index (Phi) is 3.00. The van der Waals surface area contributed by atoms with E-state index in [1.54, 1.807) is 17.0 Å². The molecule has 0 saturated carbocycles. The van der Waals surface area contributed by atoms with Crippen molar-refractivity contribution < 1.29 is 19.1 Å². The van der Waals surface area contributed by atoms with Gasteiger partial charge in [-0.2, -0.15) is 0 Å². The van der Waals surface area contributed by atoms with E-state index in [1.807, 2.05) is 0 Å². The molecule has 20 heavy (non-hydrogen) atoms. The van der Waals surface area contributed by atoms with Gasteiger partial charge in [0, 0.05) is 12.6 Å². The highest BCUT2D eigenvalue weighted by molar-refractivity contribution is 6.10. The van der Waals surface area contributed by atoms with Gasteiger partial charge in [-0.1, -0.05) is 0 Å². The molecule has 1 aromatic rings. The second kappa shape index (κ2) is 4.70. The minimum Gasteiger partial charge on any atom is -0.493 e. The van der Waals surface area contributed by atoms with E-state index in [2.05, 4.69) is 5.32 Å². The lowest BCUT2D eigenvalue weighted by Crippen LogP contribution is -2.40. The number of methoxy groups -OCH3 is 2. The molecule has 3 rings (SSSR count). The van der Waals surface area contributed by atoms with E-state index in [4.69, 9.17) is 9.47 Å². The molecule has 1 aromatic carbocycles. The van der Waals surface area contributed by atoms with E-state index < -0.39 is 0 Å². The van der Waals surface area contributed by atoms with Crippen molar-refractivity contribution in [3.05, 3.63) is 17.7 Å². The molecule has 1 saturated heterocycles. The summed E-state index contributed by atoms with van der Waals surface area (Å²) in [5.74, 6) is 0.691. The molecule has 1 atom stereocenters. The van der Waals surface area contributed by atoms with Gasteiger partial charge in [0.15, 0.2) is 11.5 Å². The van der Waals surface area contributed by atoms with Crippen molar-refractivity contribution in [2.45, 2.75) is 18.9 Å². The fourth-order valence-corrected chi connectivity index (χ4v) is 2.81. The van der Waals surface area contributed by atoms with Crippen LogP contribution in [0.15, 0.2) is 12.1 Å². The average Bonchev–Trinajstić information content (AvgIpc) is 2.92. The summed E-state index contributed by atoms with van der Waals surface area (Å²) >= 11 is 0. The molecule has 6 heteroatoms. The van der Waals surface area contributed by atoms with Crippen LogP contribution >= 0.6 is 0 Å². The summed E-state index contributed by atoms with van der Waals surface area (Å²) in [6, 6.07) is 2.88. The Bertz CT molecular complexity index is 585. The Labute approximate surface area is 116 Å². The van der Waals surface area contributed by atoms with Gasteiger partial charge in [-0.15, -0.1) is 0 Å². The van der Waals surface area contributed by atoms with Crippen molar-refractivity contribution in [2.75, 3.05) is 26.1 Å². The zero-order valence-electron chi connectivity index (χ0n) is 11.4. The van der Waals surface area contributed by atoms with Crippen LogP contribution in [0.3, 0.4) is 0 Å². The monoisotopic (exact) mass is 276 g/mol. The van der Waals surface area contributed by atoms with Crippen LogP contribution in [0.5, 0.6) is 11.5 Å². The van der Waals surface area contributed by atoms with Crippen molar-refractivity contribution in [1.82, 2.24) is 4.90 Å². The first-order chi connectivity index (χ1) is 9.65. The number of amides is 2. The number of nitrogens with zero attached hydrogens (tertiary/aromatic N) is 1. The van der Waals surface area contributed by atoms with Gasteiger partial charge >= 0.3 is 0 Å². The number of ether oxygens (including phenoxy) is 2. The van der Waals surface area contributed by atoms with E-state index in [9.17, 15) is 9.59 Å². The first-order valence-electron chi connectivity index (χ1n) is 6.53. The highest BCUT2D eigenvalue weighted by Gasteiger charge is 2.38. The van der Waals surface area contributed by atoms with Gasteiger partial charge in [0.25, 0.3) is 5.91 Å². The number of rotatable bonds is 2. The van der Waals surface area contributed by atoms with Crippen molar-refractivity contribution in [1.29, 1.82) is 0 Å². The summed E-state index contributed by atoms with van der Waals surface area (Å²) < 4.78 is 10.4. The lowest BCUT2D eigenvalue weighted by atomic mass is 10.1. The molecule has 1 unspecified atom stereocenters. The maximum atomic E-state index is 12.6. The highest BCUT2D eigenvalue weighted by atomic mass is 16.5. The Morgan fingerprint density at radius 1 is 1.20 bits per heavy atom. The maximum Gasteiger partial charge on any atom is 0.256 e. The molecule has 0 bridgehead atoms. The van der Waals surface area contributed by atoms with Gasteiger partial charge in [-0.25, -0.2) is 0 Å². The number of fused-ring (bicyclic) bond motifs is 2. The molecule has 0 aromatic heterocycles. The summed E-state index contributed by atoms with van der Waals surface area (Å²) in [4.78, 5) is 26.4. The third kappa shape index (κ3) is 1.79. The number of anilines is 1. The van der Waals surface area contributed by atoms with Crippen molar-refractivity contribution in [3.63, 3.8) is 0 Å². The standard InChI is InChI=1S/C14H16N2O4/c1-19-11-6-8-9(7-12(11)20-2)15-13(17)10-4-3-5-16(10)14(8)18/h6-7,10H,3-5H2,1-2H3,(H,15,17). The predicted molar refractivity (Wildman–Crippen MR) is 72.2 cm³/mol. The average molecular weight is 276 g/mol. The van der Waals surface area contributed by atoms with E-state index >= 15 is 0 Å². The van der Waals surface area contributed by atoms with Gasteiger partial charge in [0.05, 0.1) is 25.5 Å². The molecule has 2 aliphatic heterocycles. The summed E-state index contributed by atoms with van der Waals surface area (Å²) in [5, 5.41) is 2.81. The maximum absolute atomic E-state index is 12.6. The van der Waals surface area contributed by atoms with Gasteiger partial charge in [0.2, 0.25) is 5.91 Å². The second-order valence-corrected chi connectivity index (χ2v) is 4.90. The molecule has 2 aliphatic rings. The number of benzene rings is 1. The van der Waals surface area contributed by atoms with Crippen LogP contribution in [0.4, 0.5) is 5.69 Å². The number of hydrogen-bond donors (Lipinski definition) is 1. The molecule has 0 radical (unpaired) electrons. The van der Waals surface area contributed by atoms with Crippen molar-refractivity contribution in [2.24, 2.45) is 0 Å². The first kappa shape index (κ1) is 12.8. The van der Waals surface area contributed by atoms with Gasteiger partial charge in [-0.3, -0.25) is 9.59 Å². The molecule has 1 N–H and O–H groups in total. The SMILES string of the molecule is COc1cc2c(cc1OC)C(=O)N1CCCC1C(=O)N2. The molecule has 0 spiro atoms. The quantitative estimate of drug-likeness (QED) is 0.883. The predicted octanol–water partition coefficient (Wildman–Crippen LogP) is 1.26. The number of nitrogens with one attached hydrogen (secondary N) is 1. The third-order valence-electron chi connectivity index (χ3n) is 3.83. The summed E-state index contributed by atoms with van der Waals surface area (Å²) in [7, 11) is 3.03.